The average Bonchev–Trinajstić information content (AvgIpc) is 3.08. The third-order valence-corrected chi connectivity index (χ3v) is 3.22. The number of rotatable bonds is 6. The maximum atomic E-state index is 11.6. The van der Waals surface area contributed by atoms with Gasteiger partial charge in [-0.05, 0) is 48.4 Å². The van der Waals surface area contributed by atoms with Gasteiger partial charge in [-0.25, -0.2) is 4.79 Å². The number of aromatic carboxylic acids is 2. The highest BCUT2D eigenvalue weighted by atomic mass is 16.5. The molecular formula is C18H11NO7-2. The molecule has 0 saturated carbocycles. The van der Waals surface area contributed by atoms with E-state index >= 15 is 0 Å². The zero-order valence-corrected chi connectivity index (χ0v) is 13.5. The van der Waals surface area contributed by atoms with Crippen LogP contribution in [0.2, 0.25) is 0 Å². The lowest BCUT2D eigenvalue weighted by molar-refractivity contribution is -0.255. The molecule has 0 bridgehead atoms. The van der Waals surface area contributed by atoms with Gasteiger partial charge in [-0.2, -0.15) is 5.26 Å². The van der Waals surface area contributed by atoms with E-state index in [1.807, 2.05) is 0 Å². The summed E-state index contributed by atoms with van der Waals surface area (Å²) in [5.41, 5.74) is -0.856. The van der Waals surface area contributed by atoms with Crippen molar-refractivity contribution in [3.63, 3.8) is 0 Å². The van der Waals surface area contributed by atoms with Crippen LogP contribution in [0.4, 0.5) is 0 Å². The summed E-state index contributed by atoms with van der Waals surface area (Å²) in [6, 6.07) is 7.80. The number of carboxylic acid groups (broad SMARTS) is 2. The predicted molar refractivity (Wildman–Crippen MR) is 83.0 cm³/mol. The van der Waals surface area contributed by atoms with E-state index < -0.39 is 17.9 Å². The first kappa shape index (κ1) is 18.5. The number of carbonyl (C=O) groups is 3. The van der Waals surface area contributed by atoms with E-state index in [2.05, 4.69) is 0 Å². The normalized spacial score (nSPS) is 10.8. The molecule has 0 aliphatic carbocycles. The van der Waals surface area contributed by atoms with Gasteiger partial charge < -0.3 is 29.0 Å². The van der Waals surface area contributed by atoms with Crippen LogP contribution >= 0.6 is 0 Å². The first-order chi connectivity index (χ1) is 12.3. The largest absolute Gasteiger partial charge is 0.545 e. The van der Waals surface area contributed by atoms with Gasteiger partial charge in [0.25, 0.3) is 0 Å². The SMILES string of the molecule is CCOC(=O)/C(C#N)=C/c1ccc(-c2cc(C(=O)[O-])cc(C(=O)[O-])c2)o1. The fourth-order valence-corrected chi connectivity index (χ4v) is 2.08. The van der Waals surface area contributed by atoms with Crippen LogP contribution in [0.3, 0.4) is 0 Å². The maximum Gasteiger partial charge on any atom is 0.349 e. The minimum absolute atomic E-state index is 0.100. The lowest BCUT2D eigenvalue weighted by Crippen LogP contribution is -2.25. The van der Waals surface area contributed by atoms with Crippen LogP contribution < -0.4 is 10.2 Å². The Labute approximate surface area is 147 Å². The van der Waals surface area contributed by atoms with Crippen LogP contribution in [-0.2, 0) is 9.53 Å². The molecule has 0 saturated heterocycles. The summed E-state index contributed by atoms with van der Waals surface area (Å²) in [5.74, 6) is -3.68. The monoisotopic (exact) mass is 353 g/mol. The fraction of sp³-hybridized carbons (Fsp3) is 0.111. The Bertz CT molecular complexity index is 914. The first-order valence-corrected chi connectivity index (χ1v) is 7.32. The highest BCUT2D eigenvalue weighted by molar-refractivity contribution is 5.97. The highest BCUT2D eigenvalue weighted by Crippen LogP contribution is 2.26. The quantitative estimate of drug-likeness (QED) is 0.405. The summed E-state index contributed by atoms with van der Waals surface area (Å²) in [6.45, 7) is 1.69. The topological polar surface area (TPSA) is 143 Å². The van der Waals surface area contributed by atoms with Crippen LogP contribution in [0.25, 0.3) is 17.4 Å². The summed E-state index contributed by atoms with van der Waals surface area (Å²) >= 11 is 0. The van der Waals surface area contributed by atoms with Gasteiger partial charge >= 0.3 is 5.97 Å². The number of furan rings is 1. The molecule has 1 heterocycles. The smallest absolute Gasteiger partial charge is 0.349 e. The molecule has 1 aromatic carbocycles. The van der Waals surface area contributed by atoms with Crippen LogP contribution in [-0.4, -0.2) is 24.5 Å². The second-order valence-corrected chi connectivity index (χ2v) is 4.97. The van der Waals surface area contributed by atoms with Crippen molar-refractivity contribution in [1.82, 2.24) is 0 Å². The van der Waals surface area contributed by atoms with E-state index in [9.17, 15) is 24.6 Å². The summed E-state index contributed by atoms with van der Waals surface area (Å²) in [7, 11) is 0. The van der Waals surface area contributed by atoms with Crippen molar-refractivity contribution in [1.29, 1.82) is 5.26 Å². The number of carboxylic acids is 2. The summed E-state index contributed by atoms with van der Waals surface area (Å²) in [5, 5.41) is 31.1. The van der Waals surface area contributed by atoms with Gasteiger partial charge in [-0.3, -0.25) is 0 Å². The molecule has 0 spiro atoms. The van der Waals surface area contributed by atoms with E-state index in [1.54, 1.807) is 13.0 Å². The summed E-state index contributed by atoms with van der Waals surface area (Å²) in [6.07, 6.45) is 1.16. The Kier molecular flexibility index (Phi) is 5.55. The van der Waals surface area contributed by atoms with E-state index in [4.69, 9.17) is 14.4 Å². The molecule has 0 unspecified atom stereocenters. The number of carbonyl (C=O) groups excluding carboxylic acids is 3. The second kappa shape index (κ2) is 7.81. The molecule has 0 fully saturated rings. The minimum atomic E-state index is -1.56. The molecule has 2 aromatic rings. The van der Waals surface area contributed by atoms with E-state index in [1.165, 1.54) is 24.3 Å². The molecule has 1 aromatic heterocycles. The Hall–Kier alpha value is -3.86. The molecule has 8 nitrogen and oxygen atoms in total. The van der Waals surface area contributed by atoms with Gasteiger partial charge in [0.2, 0.25) is 0 Å². The molecular weight excluding hydrogens is 342 g/mol. The maximum absolute atomic E-state index is 11.6. The van der Waals surface area contributed by atoms with E-state index in [0.717, 1.165) is 12.1 Å². The molecule has 0 amide bonds. The lowest BCUT2D eigenvalue weighted by Gasteiger charge is -2.09. The van der Waals surface area contributed by atoms with E-state index in [-0.39, 0.29) is 40.4 Å². The molecule has 0 aliphatic heterocycles. The first-order valence-electron chi connectivity index (χ1n) is 7.32. The van der Waals surface area contributed by atoms with Crippen molar-refractivity contribution in [3.05, 3.63) is 52.8 Å². The Morgan fingerprint density at radius 2 is 1.77 bits per heavy atom. The molecule has 8 heteroatoms. The third-order valence-electron chi connectivity index (χ3n) is 3.22. The van der Waals surface area contributed by atoms with Crippen molar-refractivity contribution in [2.24, 2.45) is 0 Å². The van der Waals surface area contributed by atoms with Gasteiger partial charge in [0.05, 0.1) is 18.5 Å². The Morgan fingerprint density at radius 3 is 2.27 bits per heavy atom. The standard InChI is InChI=1S/C18H13NO7/c1-2-25-18(24)13(9-19)8-14-3-4-15(26-14)10-5-11(16(20)21)7-12(6-10)17(22)23/h3-8H,2H2,1H3,(H,20,21)(H,22,23)/p-2/b13-8+. The predicted octanol–water partition coefficient (Wildman–Crippen LogP) is 0.144. The lowest BCUT2D eigenvalue weighted by atomic mass is 10.0. The highest BCUT2D eigenvalue weighted by Gasteiger charge is 2.13. The van der Waals surface area contributed by atoms with Gasteiger partial charge in [0.1, 0.15) is 23.2 Å². The molecule has 26 heavy (non-hydrogen) atoms. The number of esters is 1. The molecule has 0 N–H and O–H groups in total. The molecule has 0 atom stereocenters. The van der Waals surface area contributed by atoms with Crippen molar-refractivity contribution < 1.29 is 33.8 Å². The Morgan fingerprint density at radius 1 is 1.15 bits per heavy atom. The number of nitriles is 1. The Balaban J connectivity index is 2.44. The van der Waals surface area contributed by atoms with Crippen LogP contribution in [0.15, 0.2) is 40.3 Å². The van der Waals surface area contributed by atoms with Crippen molar-refractivity contribution in [3.8, 4) is 17.4 Å². The zero-order chi connectivity index (χ0) is 19.3. The van der Waals surface area contributed by atoms with Crippen molar-refractivity contribution >= 4 is 24.0 Å². The number of nitrogens with zero attached hydrogens (tertiary/aromatic N) is 1. The summed E-state index contributed by atoms with van der Waals surface area (Å²) < 4.78 is 10.2. The van der Waals surface area contributed by atoms with Crippen LogP contribution in [0.5, 0.6) is 0 Å². The molecule has 132 valence electrons. The van der Waals surface area contributed by atoms with Gasteiger partial charge in [0, 0.05) is 11.6 Å². The zero-order valence-electron chi connectivity index (χ0n) is 13.5. The number of hydrogen-bond donors (Lipinski definition) is 0. The summed E-state index contributed by atoms with van der Waals surface area (Å²) in [4.78, 5) is 33.7. The van der Waals surface area contributed by atoms with E-state index in [0.29, 0.717) is 0 Å². The minimum Gasteiger partial charge on any atom is -0.545 e. The number of hydrogen-bond acceptors (Lipinski definition) is 8. The number of ether oxygens (including phenoxy) is 1. The van der Waals surface area contributed by atoms with Gasteiger partial charge in [-0.15, -0.1) is 0 Å². The van der Waals surface area contributed by atoms with Crippen LogP contribution in [0, 0.1) is 11.3 Å². The van der Waals surface area contributed by atoms with Crippen LogP contribution in [0.1, 0.15) is 33.4 Å². The van der Waals surface area contributed by atoms with Crippen molar-refractivity contribution in [2.75, 3.05) is 6.61 Å². The molecule has 0 radical (unpaired) electrons. The van der Waals surface area contributed by atoms with Gasteiger partial charge in [-0.1, -0.05) is 0 Å². The van der Waals surface area contributed by atoms with Crippen molar-refractivity contribution in [2.45, 2.75) is 6.92 Å². The fourth-order valence-electron chi connectivity index (χ4n) is 2.08. The average molecular weight is 353 g/mol. The second-order valence-electron chi connectivity index (χ2n) is 4.97. The molecule has 2 rings (SSSR count). The molecule has 0 aliphatic rings. The van der Waals surface area contributed by atoms with Gasteiger partial charge in [0.15, 0.2) is 0 Å². The number of benzene rings is 1. The third kappa shape index (κ3) is 4.15.